The van der Waals surface area contributed by atoms with Crippen LogP contribution in [-0.4, -0.2) is 38.8 Å². The Hall–Kier alpha value is -1.98. The lowest BCUT2D eigenvalue weighted by Crippen LogP contribution is -2.22. The summed E-state index contributed by atoms with van der Waals surface area (Å²) in [7, 11) is 3.59. The molecule has 23 heavy (non-hydrogen) atoms. The summed E-state index contributed by atoms with van der Waals surface area (Å²) in [4.78, 5) is 5.96. The van der Waals surface area contributed by atoms with Crippen LogP contribution in [0.2, 0.25) is 0 Å². The highest BCUT2D eigenvalue weighted by atomic mass is 19.1. The molecule has 1 aromatic carbocycles. The van der Waals surface area contributed by atoms with Crippen LogP contribution in [0.1, 0.15) is 11.1 Å². The van der Waals surface area contributed by atoms with Gasteiger partial charge in [0.15, 0.2) is 0 Å². The Kier molecular flexibility index (Phi) is 6.97. The fourth-order valence-electron chi connectivity index (χ4n) is 2.33. The zero-order chi connectivity index (χ0) is 16.5. The monoisotopic (exact) mass is 317 g/mol. The quantitative estimate of drug-likeness (QED) is 0.722. The van der Waals surface area contributed by atoms with Crippen LogP contribution < -0.4 is 10.2 Å². The third-order valence-corrected chi connectivity index (χ3v) is 3.72. The van der Waals surface area contributed by atoms with Crippen LogP contribution in [0.15, 0.2) is 42.7 Å². The van der Waals surface area contributed by atoms with Crippen LogP contribution in [-0.2, 0) is 17.7 Å². The number of anilines is 1. The smallest absolute Gasteiger partial charge is 0.146 e. The standard InChI is InChI=1S/C18H24FN3O/c1-22(11-7-15-5-8-20-9-6-15)18-13-16(3-4-17(18)19)14-21-10-12-23-2/h3-6,8-9,13,21H,7,10-12,14H2,1-2H3. The van der Waals surface area contributed by atoms with Gasteiger partial charge in [0.1, 0.15) is 5.82 Å². The third-order valence-electron chi connectivity index (χ3n) is 3.72. The fraction of sp³-hybridized carbons (Fsp3) is 0.389. The fourth-order valence-corrected chi connectivity index (χ4v) is 2.33. The van der Waals surface area contributed by atoms with Crippen molar-refractivity contribution in [2.24, 2.45) is 0 Å². The Labute approximate surface area is 137 Å². The van der Waals surface area contributed by atoms with Crippen molar-refractivity contribution < 1.29 is 9.13 Å². The molecule has 4 nitrogen and oxygen atoms in total. The van der Waals surface area contributed by atoms with Crippen molar-refractivity contribution >= 4 is 5.69 Å². The number of benzene rings is 1. The van der Waals surface area contributed by atoms with Crippen molar-refractivity contribution in [3.8, 4) is 0 Å². The number of hydrogen-bond acceptors (Lipinski definition) is 4. The van der Waals surface area contributed by atoms with Gasteiger partial charge < -0.3 is 15.0 Å². The van der Waals surface area contributed by atoms with E-state index in [0.717, 1.165) is 25.1 Å². The number of nitrogens with one attached hydrogen (secondary N) is 1. The van der Waals surface area contributed by atoms with Gasteiger partial charge >= 0.3 is 0 Å². The summed E-state index contributed by atoms with van der Waals surface area (Å²) in [5.74, 6) is -0.192. The summed E-state index contributed by atoms with van der Waals surface area (Å²) in [6.07, 6.45) is 4.42. The van der Waals surface area contributed by atoms with Gasteiger partial charge in [-0.2, -0.15) is 0 Å². The second-order valence-electron chi connectivity index (χ2n) is 5.48. The van der Waals surface area contributed by atoms with E-state index in [1.54, 1.807) is 19.5 Å². The maximum Gasteiger partial charge on any atom is 0.146 e. The highest BCUT2D eigenvalue weighted by Crippen LogP contribution is 2.20. The molecule has 0 saturated carbocycles. The lowest BCUT2D eigenvalue weighted by atomic mass is 10.1. The van der Waals surface area contributed by atoms with Crippen molar-refractivity contribution in [2.75, 3.05) is 38.8 Å². The van der Waals surface area contributed by atoms with Crippen molar-refractivity contribution in [1.29, 1.82) is 0 Å². The molecule has 0 aliphatic carbocycles. The Balaban J connectivity index is 1.94. The van der Waals surface area contributed by atoms with Crippen LogP contribution in [0.4, 0.5) is 10.1 Å². The number of likely N-dealkylation sites (N-methyl/N-ethyl adjacent to an activating group) is 1. The van der Waals surface area contributed by atoms with Crippen LogP contribution in [0.3, 0.4) is 0 Å². The van der Waals surface area contributed by atoms with Crippen molar-refractivity contribution in [3.05, 3.63) is 59.7 Å². The minimum Gasteiger partial charge on any atom is -0.383 e. The molecule has 0 radical (unpaired) electrons. The van der Waals surface area contributed by atoms with E-state index in [2.05, 4.69) is 10.3 Å². The van der Waals surface area contributed by atoms with Crippen LogP contribution in [0.25, 0.3) is 0 Å². The van der Waals surface area contributed by atoms with E-state index >= 15 is 0 Å². The summed E-state index contributed by atoms with van der Waals surface area (Å²) >= 11 is 0. The molecule has 0 aliphatic heterocycles. The van der Waals surface area contributed by atoms with Gasteiger partial charge in [-0.05, 0) is 41.8 Å². The predicted molar refractivity (Wildman–Crippen MR) is 91.2 cm³/mol. The van der Waals surface area contributed by atoms with E-state index < -0.39 is 0 Å². The van der Waals surface area contributed by atoms with Gasteiger partial charge in [-0.15, -0.1) is 0 Å². The minimum absolute atomic E-state index is 0.192. The van der Waals surface area contributed by atoms with Crippen LogP contribution in [0.5, 0.6) is 0 Å². The van der Waals surface area contributed by atoms with E-state index in [4.69, 9.17) is 4.74 Å². The molecule has 2 rings (SSSR count). The highest BCUT2D eigenvalue weighted by molar-refractivity contribution is 5.49. The van der Waals surface area contributed by atoms with Crippen LogP contribution >= 0.6 is 0 Å². The summed E-state index contributed by atoms with van der Waals surface area (Å²) in [5, 5.41) is 3.27. The minimum atomic E-state index is -0.192. The number of pyridine rings is 1. The van der Waals surface area contributed by atoms with E-state index in [1.165, 1.54) is 11.6 Å². The summed E-state index contributed by atoms with van der Waals surface area (Å²) in [6.45, 7) is 2.90. The first-order valence-electron chi connectivity index (χ1n) is 7.79. The SMILES string of the molecule is COCCNCc1ccc(F)c(N(C)CCc2ccncc2)c1. The highest BCUT2D eigenvalue weighted by Gasteiger charge is 2.09. The molecule has 0 unspecified atom stereocenters. The Morgan fingerprint density at radius 2 is 1.96 bits per heavy atom. The summed E-state index contributed by atoms with van der Waals surface area (Å²) < 4.78 is 19.1. The molecule has 0 fully saturated rings. The Morgan fingerprint density at radius 1 is 1.17 bits per heavy atom. The van der Waals surface area contributed by atoms with E-state index in [9.17, 15) is 4.39 Å². The molecule has 0 atom stereocenters. The topological polar surface area (TPSA) is 37.4 Å². The second-order valence-corrected chi connectivity index (χ2v) is 5.48. The maximum absolute atomic E-state index is 14.1. The average molecular weight is 317 g/mol. The number of nitrogens with zero attached hydrogens (tertiary/aromatic N) is 2. The number of hydrogen-bond donors (Lipinski definition) is 1. The van der Waals surface area contributed by atoms with Gasteiger partial charge in [-0.1, -0.05) is 6.07 Å². The molecular formula is C18H24FN3O. The molecule has 1 aromatic heterocycles. The van der Waals surface area contributed by atoms with Gasteiger partial charge in [0, 0.05) is 46.2 Å². The number of methoxy groups -OCH3 is 1. The molecule has 2 aromatic rings. The Morgan fingerprint density at radius 3 is 2.70 bits per heavy atom. The summed E-state index contributed by atoms with van der Waals surface area (Å²) in [5.41, 5.74) is 2.89. The first kappa shape index (κ1) is 17.4. The first-order valence-corrected chi connectivity index (χ1v) is 7.79. The van der Waals surface area contributed by atoms with Gasteiger partial charge in [0.05, 0.1) is 12.3 Å². The van der Waals surface area contributed by atoms with Crippen molar-refractivity contribution in [2.45, 2.75) is 13.0 Å². The number of rotatable bonds is 9. The largest absolute Gasteiger partial charge is 0.383 e. The maximum atomic E-state index is 14.1. The zero-order valence-electron chi connectivity index (χ0n) is 13.8. The molecule has 124 valence electrons. The van der Waals surface area contributed by atoms with Crippen LogP contribution in [0, 0.1) is 5.82 Å². The predicted octanol–water partition coefficient (Wildman–Crippen LogP) is 2.64. The van der Waals surface area contributed by atoms with Gasteiger partial charge in [-0.3, -0.25) is 4.98 Å². The number of ether oxygens (including phenoxy) is 1. The first-order chi connectivity index (χ1) is 11.2. The molecule has 0 spiro atoms. The van der Waals surface area contributed by atoms with Gasteiger partial charge in [0.2, 0.25) is 0 Å². The van der Waals surface area contributed by atoms with E-state index in [-0.39, 0.29) is 5.82 Å². The molecular weight excluding hydrogens is 293 g/mol. The zero-order valence-corrected chi connectivity index (χ0v) is 13.8. The number of halogens is 1. The molecule has 0 saturated heterocycles. The molecule has 0 aliphatic rings. The van der Waals surface area contributed by atoms with E-state index in [0.29, 0.717) is 18.8 Å². The van der Waals surface area contributed by atoms with Gasteiger partial charge in [0.25, 0.3) is 0 Å². The normalized spacial score (nSPS) is 10.7. The lowest BCUT2D eigenvalue weighted by molar-refractivity contribution is 0.199. The van der Waals surface area contributed by atoms with Gasteiger partial charge in [-0.25, -0.2) is 4.39 Å². The van der Waals surface area contributed by atoms with Crippen molar-refractivity contribution in [1.82, 2.24) is 10.3 Å². The summed E-state index contributed by atoms with van der Waals surface area (Å²) in [6, 6.07) is 9.23. The number of aromatic nitrogens is 1. The molecule has 1 heterocycles. The van der Waals surface area contributed by atoms with E-state index in [1.807, 2.05) is 36.2 Å². The average Bonchev–Trinajstić information content (AvgIpc) is 2.59. The Bertz CT molecular complexity index is 592. The second kappa shape index (κ2) is 9.22. The molecule has 0 bridgehead atoms. The third kappa shape index (κ3) is 5.62. The molecule has 0 amide bonds. The molecule has 5 heteroatoms. The molecule has 1 N–H and O–H groups in total. The lowest BCUT2D eigenvalue weighted by Gasteiger charge is -2.21. The van der Waals surface area contributed by atoms with Crippen molar-refractivity contribution in [3.63, 3.8) is 0 Å².